The van der Waals surface area contributed by atoms with Crippen molar-refractivity contribution in [2.75, 3.05) is 0 Å². The van der Waals surface area contributed by atoms with E-state index in [2.05, 4.69) is 16.0 Å². The van der Waals surface area contributed by atoms with Crippen molar-refractivity contribution in [2.45, 2.75) is 76.7 Å². The third-order valence-corrected chi connectivity index (χ3v) is 8.33. The topological polar surface area (TPSA) is 79.5 Å². The molecule has 1 saturated heterocycles. The molecule has 1 aliphatic rings. The van der Waals surface area contributed by atoms with Crippen molar-refractivity contribution in [3.8, 4) is 5.75 Å². The molecule has 0 radical (unpaired) electrons. The number of amides is 2. The van der Waals surface area contributed by atoms with Crippen LogP contribution in [-0.2, 0) is 22.6 Å². The highest BCUT2D eigenvalue weighted by atomic mass is 35.5. The van der Waals surface area contributed by atoms with E-state index in [0.717, 1.165) is 0 Å². The van der Waals surface area contributed by atoms with Crippen LogP contribution in [0.25, 0.3) is 6.08 Å². The van der Waals surface area contributed by atoms with E-state index in [9.17, 15) is 31.5 Å². The van der Waals surface area contributed by atoms with Gasteiger partial charge in [-0.2, -0.15) is 0 Å². The summed E-state index contributed by atoms with van der Waals surface area (Å²) in [6, 6.07) is 10.4. The highest BCUT2D eigenvalue weighted by Crippen LogP contribution is 2.29. The zero-order chi connectivity index (χ0) is 34.7. The number of piperidine rings is 1. The molecule has 0 aliphatic carbocycles. The highest BCUT2D eigenvalue weighted by Gasteiger charge is 2.39. The SMILES string of the molecule is CC1(C)CC(NC(=O)C(Cc2ccc(OCc3c(Cl)cccc3Cl)cc2)NC(=O)/C=C/c2c(F)c(F)c(F)c(F)c2F)CC(C)(C)N1. The largest absolute Gasteiger partial charge is 0.489 e. The standard InChI is InChI=1S/C34H34Cl2F5N3O3/c1-33(2)15-19(16-34(3,4)44-33)42-32(46)25(43-26(45)13-12-21-27(37)29(39)31(41)30(40)28(21)38)14-18-8-10-20(11-9-18)47-17-22-23(35)6-5-7-24(22)36/h5-13,19,25,44H,14-17H2,1-4H3,(H,42,46)(H,43,45)/b13-12+. The molecular weight excluding hydrogens is 664 g/mol. The smallest absolute Gasteiger partial charge is 0.244 e. The molecule has 0 saturated carbocycles. The van der Waals surface area contributed by atoms with Gasteiger partial charge in [0.05, 0.1) is 5.56 Å². The Hall–Kier alpha value is -3.67. The Labute approximate surface area is 279 Å². The van der Waals surface area contributed by atoms with Crippen LogP contribution in [0.5, 0.6) is 5.75 Å². The number of rotatable bonds is 10. The first-order chi connectivity index (χ1) is 22.0. The molecule has 1 atom stereocenters. The first kappa shape index (κ1) is 36.2. The Kier molecular flexibility index (Phi) is 11.3. The minimum atomic E-state index is -2.31. The van der Waals surface area contributed by atoms with E-state index in [1.165, 1.54) is 0 Å². The Morgan fingerprint density at radius 3 is 1.98 bits per heavy atom. The molecule has 47 heavy (non-hydrogen) atoms. The van der Waals surface area contributed by atoms with Crippen LogP contribution in [0.1, 0.15) is 57.2 Å². The number of benzene rings is 3. The summed E-state index contributed by atoms with van der Waals surface area (Å²) in [6.07, 6.45) is 2.28. The van der Waals surface area contributed by atoms with Crippen LogP contribution in [0.4, 0.5) is 22.0 Å². The van der Waals surface area contributed by atoms with Crippen LogP contribution in [-0.4, -0.2) is 35.0 Å². The second kappa shape index (κ2) is 14.6. The van der Waals surface area contributed by atoms with Crippen molar-refractivity contribution in [2.24, 2.45) is 0 Å². The Bertz CT molecular complexity index is 1620. The average molecular weight is 699 g/mol. The number of nitrogens with one attached hydrogen (secondary N) is 3. The van der Waals surface area contributed by atoms with Gasteiger partial charge in [0.15, 0.2) is 23.3 Å². The molecule has 6 nitrogen and oxygen atoms in total. The molecule has 1 fully saturated rings. The van der Waals surface area contributed by atoms with Crippen molar-refractivity contribution in [1.82, 2.24) is 16.0 Å². The molecule has 0 aromatic heterocycles. The zero-order valence-corrected chi connectivity index (χ0v) is 27.6. The molecule has 1 heterocycles. The lowest BCUT2D eigenvalue weighted by Crippen LogP contribution is -2.63. The van der Waals surface area contributed by atoms with Crippen LogP contribution in [0, 0.1) is 29.1 Å². The molecule has 3 aromatic rings. The van der Waals surface area contributed by atoms with Crippen LogP contribution >= 0.6 is 23.2 Å². The number of hydrogen-bond donors (Lipinski definition) is 3. The maximum atomic E-state index is 14.1. The minimum absolute atomic E-state index is 0.00230. The van der Waals surface area contributed by atoms with Crippen LogP contribution in [0.15, 0.2) is 48.5 Å². The van der Waals surface area contributed by atoms with E-state index in [0.29, 0.717) is 51.9 Å². The number of halogens is 7. The van der Waals surface area contributed by atoms with Gasteiger partial charge in [-0.25, -0.2) is 22.0 Å². The summed E-state index contributed by atoms with van der Waals surface area (Å²) in [6.45, 7) is 8.16. The molecule has 1 aliphatic heterocycles. The third kappa shape index (κ3) is 9.24. The van der Waals surface area contributed by atoms with E-state index in [1.807, 2.05) is 27.7 Å². The lowest BCUT2D eigenvalue weighted by molar-refractivity contribution is -0.128. The van der Waals surface area contributed by atoms with Gasteiger partial charge in [-0.15, -0.1) is 0 Å². The second-order valence-corrected chi connectivity index (χ2v) is 13.5. The lowest BCUT2D eigenvalue weighted by atomic mass is 9.79. The van der Waals surface area contributed by atoms with Crippen molar-refractivity contribution in [3.05, 3.63) is 104 Å². The first-order valence-electron chi connectivity index (χ1n) is 14.7. The summed E-state index contributed by atoms with van der Waals surface area (Å²) in [5, 5.41) is 9.93. The van der Waals surface area contributed by atoms with Gasteiger partial charge in [-0.3, -0.25) is 9.59 Å². The van der Waals surface area contributed by atoms with Crippen molar-refractivity contribution < 1.29 is 36.3 Å². The Morgan fingerprint density at radius 2 is 1.43 bits per heavy atom. The predicted molar refractivity (Wildman–Crippen MR) is 171 cm³/mol. The Morgan fingerprint density at radius 1 is 0.894 bits per heavy atom. The summed E-state index contributed by atoms with van der Waals surface area (Å²) >= 11 is 12.4. The van der Waals surface area contributed by atoms with E-state index in [4.69, 9.17) is 27.9 Å². The fourth-order valence-electron chi connectivity index (χ4n) is 5.87. The maximum absolute atomic E-state index is 14.1. The number of ether oxygens (including phenoxy) is 1. The molecular formula is C34H34Cl2F5N3O3. The third-order valence-electron chi connectivity index (χ3n) is 7.62. The summed E-state index contributed by atoms with van der Waals surface area (Å²) in [5.74, 6) is -11.8. The zero-order valence-electron chi connectivity index (χ0n) is 26.0. The predicted octanol–water partition coefficient (Wildman–Crippen LogP) is 7.43. The van der Waals surface area contributed by atoms with Crippen LogP contribution in [0.3, 0.4) is 0 Å². The van der Waals surface area contributed by atoms with Gasteiger partial charge in [0, 0.05) is 45.2 Å². The van der Waals surface area contributed by atoms with E-state index >= 15 is 0 Å². The second-order valence-electron chi connectivity index (χ2n) is 12.7. The van der Waals surface area contributed by atoms with Crippen LogP contribution < -0.4 is 20.7 Å². The van der Waals surface area contributed by atoms with E-state index < -0.39 is 52.5 Å². The highest BCUT2D eigenvalue weighted by molar-refractivity contribution is 6.35. The summed E-state index contributed by atoms with van der Waals surface area (Å²) in [7, 11) is 0. The number of hydrogen-bond acceptors (Lipinski definition) is 4. The molecule has 0 bridgehead atoms. The lowest BCUT2D eigenvalue weighted by Gasteiger charge is -2.46. The summed E-state index contributed by atoms with van der Waals surface area (Å²) < 4.78 is 74.8. The van der Waals surface area contributed by atoms with E-state index in [-0.39, 0.29) is 30.1 Å². The molecule has 4 rings (SSSR count). The number of carbonyl (C=O) groups is 2. The van der Waals surface area contributed by atoms with Gasteiger partial charge in [-0.05, 0) is 76.4 Å². The molecule has 252 valence electrons. The van der Waals surface area contributed by atoms with Gasteiger partial charge in [0.2, 0.25) is 17.6 Å². The quantitative estimate of drug-likeness (QED) is 0.0891. The van der Waals surface area contributed by atoms with Crippen molar-refractivity contribution in [3.63, 3.8) is 0 Å². The molecule has 2 amide bonds. The maximum Gasteiger partial charge on any atom is 0.244 e. The minimum Gasteiger partial charge on any atom is -0.489 e. The van der Waals surface area contributed by atoms with Gasteiger partial charge in [0.25, 0.3) is 0 Å². The molecule has 1 unspecified atom stereocenters. The molecule has 13 heteroatoms. The van der Waals surface area contributed by atoms with E-state index in [1.54, 1.807) is 42.5 Å². The Balaban J connectivity index is 1.52. The van der Waals surface area contributed by atoms with Gasteiger partial charge < -0.3 is 20.7 Å². The van der Waals surface area contributed by atoms with Crippen LogP contribution in [0.2, 0.25) is 10.0 Å². The summed E-state index contributed by atoms with van der Waals surface area (Å²) in [5.41, 5.74) is -0.630. The summed E-state index contributed by atoms with van der Waals surface area (Å²) in [4.78, 5) is 26.5. The fraction of sp³-hybridized carbons (Fsp3) is 0.353. The molecule has 0 spiro atoms. The first-order valence-corrected chi connectivity index (χ1v) is 15.5. The van der Waals surface area contributed by atoms with Crippen molar-refractivity contribution in [1.29, 1.82) is 0 Å². The van der Waals surface area contributed by atoms with Gasteiger partial charge in [-0.1, -0.05) is 41.4 Å². The molecule has 3 N–H and O–H groups in total. The van der Waals surface area contributed by atoms with Crippen molar-refractivity contribution >= 4 is 41.1 Å². The van der Waals surface area contributed by atoms with Gasteiger partial charge in [0.1, 0.15) is 18.4 Å². The fourth-order valence-corrected chi connectivity index (χ4v) is 6.37. The number of carbonyl (C=O) groups excluding carboxylic acids is 2. The monoisotopic (exact) mass is 697 g/mol. The molecule has 3 aromatic carbocycles. The average Bonchev–Trinajstić information content (AvgIpc) is 2.97. The van der Waals surface area contributed by atoms with Gasteiger partial charge >= 0.3 is 0 Å². The normalized spacial score (nSPS) is 16.6.